The highest BCUT2D eigenvalue weighted by atomic mass is 32.2. The summed E-state index contributed by atoms with van der Waals surface area (Å²) in [7, 11) is -3.71. The van der Waals surface area contributed by atoms with Crippen molar-refractivity contribution < 1.29 is 13.2 Å². The van der Waals surface area contributed by atoms with Crippen molar-refractivity contribution in [2.45, 2.75) is 11.8 Å². The number of benzene rings is 2. The van der Waals surface area contributed by atoms with Gasteiger partial charge < -0.3 is 5.32 Å². The summed E-state index contributed by atoms with van der Waals surface area (Å²) in [6, 6.07) is 13.7. The van der Waals surface area contributed by atoms with Gasteiger partial charge in [-0.1, -0.05) is 29.8 Å². The molecule has 27 heavy (non-hydrogen) atoms. The number of nitrogens with zero attached hydrogens (tertiary/aromatic N) is 1. The lowest BCUT2D eigenvalue weighted by Gasteiger charge is -2.07. The van der Waals surface area contributed by atoms with Crippen LogP contribution in [0.15, 0.2) is 71.1 Å². The zero-order valence-electron chi connectivity index (χ0n) is 14.4. The summed E-state index contributed by atoms with van der Waals surface area (Å²) in [4.78, 5) is 16.0. The molecule has 0 saturated heterocycles. The summed E-state index contributed by atoms with van der Waals surface area (Å²) in [6.45, 7) is 1.98. The molecule has 1 aromatic heterocycles. The number of rotatable bonds is 6. The molecule has 0 bridgehead atoms. The molecule has 0 saturated carbocycles. The van der Waals surface area contributed by atoms with Crippen molar-refractivity contribution in [2.75, 3.05) is 10.0 Å². The van der Waals surface area contributed by atoms with Gasteiger partial charge in [0.1, 0.15) is 0 Å². The number of hydrogen-bond acceptors (Lipinski definition) is 5. The molecule has 0 spiro atoms. The predicted octanol–water partition coefficient (Wildman–Crippen LogP) is 3.90. The lowest BCUT2D eigenvalue weighted by Crippen LogP contribution is -2.13. The first-order valence-electron chi connectivity index (χ1n) is 8.00. The molecule has 3 rings (SSSR count). The number of aromatic nitrogens is 1. The summed E-state index contributed by atoms with van der Waals surface area (Å²) in [5, 5.41) is 4.68. The van der Waals surface area contributed by atoms with Gasteiger partial charge in [0, 0.05) is 23.3 Å². The fraction of sp³-hybridized carbons (Fsp3) is 0.0526. The Hall–Kier alpha value is -2.97. The minimum absolute atomic E-state index is 0.0889. The van der Waals surface area contributed by atoms with Gasteiger partial charge >= 0.3 is 0 Å². The Morgan fingerprint density at radius 2 is 1.93 bits per heavy atom. The van der Waals surface area contributed by atoms with Crippen molar-refractivity contribution in [3.8, 4) is 0 Å². The fourth-order valence-electron chi connectivity index (χ4n) is 2.29. The van der Waals surface area contributed by atoms with Crippen LogP contribution in [0.2, 0.25) is 0 Å². The van der Waals surface area contributed by atoms with Crippen LogP contribution in [0.1, 0.15) is 11.1 Å². The second-order valence-corrected chi connectivity index (χ2v) is 8.28. The molecular weight excluding hydrogens is 382 g/mol. The van der Waals surface area contributed by atoms with E-state index in [4.69, 9.17) is 0 Å². The molecule has 2 aromatic carbocycles. The number of anilines is 2. The molecule has 0 aliphatic carbocycles. The molecule has 6 nitrogen and oxygen atoms in total. The average molecular weight is 399 g/mol. The molecule has 3 aromatic rings. The van der Waals surface area contributed by atoms with Crippen molar-refractivity contribution in [1.29, 1.82) is 0 Å². The Morgan fingerprint density at radius 3 is 2.59 bits per heavy atom. The molecule has 0 fully saturated rings. The highest BCUT2D eigenvalue weighted by molar-refractivity contribution is 7.93. The third kappa shape index (κ3) is 5.25. The molecule has 1 heterocycles. The number of nitrogens with one attached hydrogen (secondary N) is 2. The van der Waals surface area contributed by atoms with Crippen molar-refractivity contribution in [2.24, 2.45) is 0 Å². The van der Waals surface area contributed by atoms with Crippen LogP contribution < -0.4 is 10.0 Å². The van der Waals surface area contributed by atoms with E-state index in [9.17, 15) is 13.2 Å². The SMILES string of the molecule is Cc1cccc(C=CC(=O)Nc2ccc(S(=O)(=O)Nc3nccs3)cc2)c1. The van der Waals surface area contributed by atoms with Gasteiger partial charge in [0.05, 0.1) is 4.90 Å². The normalized spacial score (nSPS) is 11.4. The molecule has 0 aliphatic rings. The van der Waals surface area contributed by atoms with Crippen LogP contribution in [0.25, 0.3) is 6.08 Å². The van der Waals surface area contributed by atoms with Gasteiger partial charge in [-0.25, -0.2) is 13.4 Å². The number of thiazole rings is 1. The van der Waals surface area contributed by atoms with E-state index in [1.807, 2.05) is 31.2 Å². The maximum atomic E-state index is 12.3. The molecule has 0 aliphatic heterocycles. The quantitative estimate of drug-likeness (QED) is 0.615. The minimum atomic E-state index is -3.71. The number of sulfonamides is 1. The molecule has 1 amide bonds. The van der Waals surface area contributed by atoms with Gasteiger partial charge in [-0.3, -0.25) is 9.52 Å². The van der Waals surface area contributed by atoms with Gasteiger partial charge in [-0.15, -0.1) is 11.3 Å². The Labute approximate surface area is 161 Å². The van der Waals surface area contributed by atoms with Gasteiger partial charge in [-0.05, 0) is 42.8 Å². The van der Waals surface area contributed by atoms with Crippen molar-refractivity contribution in [3.63, 3.8) is 0 Å². The van der Waals surface area contributed by atoms with Crippen LogP contribution >= 0.6 is 11.3 Å². The van der Waals surface area contributed by atoms with E-state index in [-0.39, 0.29) is 10.8 Å². The third-order valence-corrected chi connectivity index (χ3v) is 5.73. The average Bonchev–Trinajstić information content (AvgIpc) is 3.13. The Morgan fingerprint density at radius 1 is 1.15 bits per heavy atom. The molecular formula is C19H17N3O3S2. The smallest absolute Gasteiger partial charge is 0.263 e. The van der Waals surface area contributed by atoms with Gasteiger partial charge in [-0.2, -0.15) is 0 Å². The first-order chi connectivity index (χ1) is 12.9. The second kappa shape index (κ2) is 8.15. The van der Waals surface area contributed by atoms with Crippen molar-refractivity contribution in [3.05, 3.63) is 77.3 Å². The van der Waals surface area contributed by atoms with E-state index in [1.54, 1.807) is 11.5 Å². The van der Waals surface area contributed by atoms with Gasteiger partial charge in [0.25, 0.3) is 10.0 Å². The van der Waals surface area contributed by atoms with Crippen molar-refractivity contribution in [1.82, 2.24) is 4.98 Å². The van der Waals surface area contributed by atoms with Crippen LogP contribution in [-0.4, -0.2) is 19.3 Å². The van der Waals surface area contributed by atoms with E-state index >= 15 is 0 Å². The summed E-state index contributed by atoms with van der Waals surface area (Å²) in [5.74, 6) is -0.298. The monoisotopic (exact) mass is 399 g/mol. The van der Waals surface area contributed by atoms with Gasteiger partial charge in [0.15, 0.2) is 5.13 Å². The van der Waals surface area contributed by atoms with Crippen molar-refractivity contribution >= 4 is 44.2 Å². The fourth-order valence-corrected chi connectivity index (χ4v) is 4.08. The van der Waals surface area contributed by atoms with E-state index in [0.29, 0.717) is 10.8 Å². The Kier molecular flexibility index (Phi) is 5.68. The molecule has 0 atom stereocenters. The van der Waals surface area contributed by atoms with Crippen LogP contribution in [0.4, 0.5) is 10.8 Å². The summed E-state index contributed by atoms with van der Waals surface area (Å²) in [5.41, 5.74) is 2.54. The Bertz CT molecular complexity index is 1060. The number of hydrogen-bond donors (Lipinski definition) is 2. The number of aryl methyl sites for hydroxylation is 1. The highest BCUT2D eigenvalue weighted by Crippen LogP contribution is 2.19. The molecule has 0 radical (unpaired) electrons. The zero-order chi connectivity index (χ0) is 19.3. The van der Waals surface area contributed by atoms with Crippen LogP contribution in [-0.2, 0) is 14.8 Å². The first-order valence-corrected chi connectivity index (χ1v) is 10.4. The van der Waals surface area contributed by atoms with Gasteiger partial charge in [0.2, 0.25) is 5.91 Å². The maximum absolute atomic E-state index is 12.3. The number of carbonyl (C=O) groups excluding carboxylic acids is 1. The predicted molar refractivity (Wildman–Crippen MR) is 108 cm³/mol. The zero-order valence-corrected chi connectivity index (χ0v) is 16.0. The molecule has 138 valence electrons. The van der Waals surface area contributed by atoms with E-state index in [1.165, 1.54) is 47.9 Å². The topological polar surface area (TPSA) is 88.2 Å². The highest BCUT2D eigenvalue weighted by Gasteiger charge is 2.15. The van der Waals surface area contributed by atoms with Crippen LogP contribution in [0.5, 0.6) is 0 Å². The standard InChI is InChI=1S/C19H17N3O3S2/c1-14-3-2-4-15(13-14)5-10-18(23)21-16-6-8-17(9-7-16)27(24,25)22-19-20-11-12-26-19/h2-13H,1H3,(H,20,22)(H,21,23). The summed E-state index contributed by atoms with van der Waals surface area (Å²) in [6.07, 6.45) is 4.67. The molecule has 2 N–H and O–H groups in total. The Balaban J connectivity index is 1.64. The van der Waals surface area contributed by atoms with Crippen LogP contribution in [0.3, 0.4) is 0 Å². The van der Waals surface area contributed by atoms with Crippen LogP contribution in [0, 0.1) is 6.92 Å². The van der Waals surface area contributed by atoms with E-state index < -0.39 is 10.0 Å². The lowest BCUT2D eigenvalue weighted by atomic mass is 10.1. The second-order valence-electron chi connectivity index (χ2n) is 5.70. The summed E-state index contributed by atoms with van der Waals surface area (Å²) < 4.78 is 27.0. The molecule has 8 heteroatoms. The van der Waals surface area contributed by atoms with E-state index in [0.717, 1.165) is 11.1 Å². The lowest BCUT2D eigenvalue weighted by molar-refractivity contribution is -0.111. The number of carbonyl (C=O) groups is 1. The number of amides is 1. The largest absolute Gasteiger partial charge is 0.323 e. The summed E-state index contributed by atoms with van der Waals surface area (Å²) >= 11 is 1.19. The maximum Gasteiger partial charge on any atom is 0.263 e. The molecule has 0 unspecified atom stereocenters. The first kappa shape index (κ1) is 18.8. The third-order valence-electron chi connectivity index (χ3n) is 3.56. The minimum Gasteiger partial charge on any atom is -0.323 e. The van der Waals surface area contributed by atoms with E-state index in [2.05, 4.69) is 15.0 Å².